The third-order valence-electron chi connectivity index (χ3n) is 3.59. The maximum atomic E-state index is 12.7. The summed E-state index contributed by atoms with van der Waals surface area (Å²) < 4.78 is 42.7. The van der Waals surface area contributed by atoms with Gasteiger partial charge in [0.05, 0.1) is 12.7 Å². The fourth-order valence-corrected chi connectivity index (χ4v) is 2.45. The van der Waals surface area contributed by atoms with Crippen molar-refractivity contribution in [3.63, 3.8) is 0 Å². The number of methoxy groups -OCH3 is 1. The largest absolute Gasteiger partial charge is 0.468 e. The molecule has 1 aliphatic rings. The summed E-state index contributed by atoms with van der Waals surface area (Å²) >= 11 is 0. The first-order valence-corrected chi connectivity index (χ1v) is 6.40. The number of esters is 1. The summed E-state index contributed by atoms with van der Waals surface area (Å²) in [6.45, 7) is 0.473. The molecule has 3 nitrogen and oxygen atoms in total. The van der Waals surface area contributed by atoms with Crippen LogP contribution in [0.1, 0.15) is 29.9 Å². The van der Waals surface area contributed by atoms with Gasteiger partial charge in [0.1, 0.15) is 6.04 Å². The van der Waals surface area contributed by atoms with Gasteiger partial charge in [0.2, 0.25) is 0 Å². The van der Waals surface area contributed by atoms with Gasteiger partial charge >= 0.3 is 12.1 Å². The highest BCUT2D eigenvalue weighted by Gasteiger charge is 2.32. The van der Waals surface area contributed by atoms with Crippen molar-refractivity contribution in [3.05, 3.63) is 35.4 Å². The van der Waals surface area contributed by atoms with Crippen LogP contribution >= 0.6 is 0 Å². The first-order chi connectivity index (χ1) is 9.41. The number of carbonyl (C=O) groups is 1. The van der Waals surface area contributed by atoms with Gasteiger partial charge in [0.15, 0.2) is 0 Å². The van der Waals surface area contributed by atoms with Crippen LogP contribution in [0.4, 0.5) is 13.2 Å². The number of alkyl halides is 3. The van der Waals surface area contributed by atoms with Crippen LogP contribution in [0.5, 0.6) is 0 Å². The second-order valence-corrected chi connectivity index (χ2v) is 4.88. The van der Waals surface area contributed by atoms with Crippen molar-refractivity contribution in [2.24, 2.45) is 0 Å². The summed E-state index contributed by atoms with van der Waals surface area (Å²) in [6.07, 6.45) is -3.10. The molecular formula is C14H16F3NO2. The third-order valence-corrected chi connectivity index (χ3v) is 3.59. The SMILES string of the molecule is COC(=O)[C@H]1CC[C@@H](c2cccc(C(F)(F)F)c2)CN1. The molecule has 0 saturated carbocycles. The van der Waals surface area contributed by atoms with Crippen molar-refractivity contribution in [1.29, 1.82) is 0 Å². The van der Waals surface area contributed by atoms with E-state index in [1.807, 2.05) is 0 Å². The molecule has 2 atom stereocenters. The second-order valence-electron chi connectivity index (χ2n) is 4.88. The van der Waals surface area contributed by atoms with E-state index in [2.05, 4.69) is 10.1 Å². The number of carbonyl (C=O) groups excluding carboxylic acids is 1. The molecule has 6 heteroatoms. The van der Waals surface area contributed by atoms with Crippen molar-refractivity contribution in [3.8, 4) is 0 Å². The Morgan fingerprint density at radius 3 is 2.65 bits per heavy atom. The molecule has 0 bridgehead atoms. The van der Waals surface area contributed by atoms with Gasteiger partial charge in [-0.3, -0.25) is 4.79 Å². The highest BCUT2D eigenvalue weighted by molar-refractivity contribution is 5.75. The fourth-order valence-electron chi connectivity index (χ4n) is 2.45. The number of benzene rings is 1. The molecule has 0 unspecified atom stereocenters. The van der Waals surface area contributed by atoms with Crippen LogP contribution in [0.25, 0.3) is 0 Å². The molecular weight excluding hydrogens is 271 g/mol. The minimum atomic E-state index is -4.33. The summed E-state index contributed by atoms with van der Waals surface area (Å²) in [4.78, 5) is 11.4. The molecule has 0 amide bonds. The van der Waals surface area contributed by atoms with Gasteiger partial charge in [-0.1, -0.05) is 18.2 Å². The van der Waals surface area contributed by atoms with Crippen LogP contribution in [0, 0.1) is 0 Å². The summed E-state index contributed by atoms with van der Waals surface area (Å²) in [7, 11) is 1.32. The summed E-state index contributed by atoms with van der Waals surface area (Å²) in [5.41, 5.74) is 0.0146. The van der Waals surface area contributed by atoms with Gasteiger partial charge in [-0.15, -0.1) is 0 Å². The van der Waals surface area contributed by atoms with Crippen molar-refractivity contribution in [2.45, 2.75) is 31.0 Å². The Morgan fingerprint density at radius 1 is 1.35 bits per heavy atom. The van der Waals surface area contributed by atoms with E-state index in [1.165, 1.54) is 19.2 Å². The number of rotatable bonds is 2. The predicted octanol–water partition coefficient (Wildman–Crippen LogP) is 2.71. The smallest absolute Gasteiger partial charge is 0.416 e. The molecule has 2 rings (SSSR count). The summed E-state index contributed by atoms with van der Waals surface area (Å²) in [5, 5.41) is 3.02. The Hall–Kier alpha value is -1.56. The molecule has 0 spiro atoms. The lowest BCUT2D eigenvalue weighted by atomic mass is 9.88. The Labute approximate surface area is 115 Å². The molecule has 1 aliphatic heterocycles. The molecule has 0 radical (unpaired) electrons. The van der Waals surface area contributed by atoms with Crippen LogP contribution < -0.4 is 5.32 Å². The standard InChI is InChI=1S/C14H16F3NO2/c1-20-13(19)12-6-5-10(8-18-12)9-3-2-4-11(7-9)14(15,16)17/h2-4,7,10,12,18H,5-6,8H2,1H3/t10-,12-/m1/s1. The fraction of sp³-hybridized carbons (Fsp3) is 0.500. The zero-order valence-electron chi connectivity index (χ0n) is 11.0. The van der Waals surface area contributed by atoms with Crippen molar-refractivity contribution >= 4 is 5.97 Å². The molecule has 0 aliphatic carbocycles. The number of nitrogens with one attached hydrogen (secondary N) is 1. The molecule has 1 saturated heterocycles. The molecule has 1 aromatic rings. The molecule has 1 aromatic carbocycles. The van der Waals surface area contributed by atoms with Crippen LogP contribution in [0.3, 0.4) is 0 Å². The van der Waals surface area contributed by atoms with Crippen LogP contribution in [0.15, 0.2) is 24.3 Å². The van der Waals surface area contributed by atoms with Crippen molar-refractivity contribution in [1.82, 2.24) is 5.32 Å². The Balaban J connectivity index is 2.06. The quantitative estimate of drug-likeness (QED) is 0.850. The maximum Gasteiger partial charge on any atom is 0.416 e. The number of piperidine rings is 1. The third kappa shape index (κ3) is 3.30. The summed E-state index contributed by atoms with van der Waals surface area (Å²) in [6, 6.07) is 5.01. The Bertz CT molecular complexity index is 480. The van der Waals surface area contributed by atoms with Gasteiger partial charge in [-0.25, -0.2) is 0 Å². The maximum absolute atomic E-state index is 12.7. The topological polar surface area (TPSA) is 38.3 Å². The van der Waals surface area contributed by atoms with E-state index < -0.39 is 11.7 Å². The van der Waals surface area contributed by atoms with E-state index in [0.29, 0.717) is 24.9 Å². The average molecular weight is 287 g/mol. The molecule has 0 aromatic heterocycles. The molecule has 110 valence electrons. The Morgan fingerprint density at radius 2 is 2.10 bits per heavy atom. The lowest BCUT2D eigenvalue weighted by molar-refractivity contribution is -0.143. The average Bonchev–Trinajstić information content (AvgIpc) is 2.46. The highest BCUT2D eigenvalue weighted by atomic mass is 19.4. The number of ether oxygens (including phenoxy) is 1. The Kier molecular flexibility index (Phi) is 4.32. The van der Waals surface area contributed by atoms with Gasteiger partial charge < -0.3 is 10.1 Å². The van der Waals surface area contributed by atoms with E-state index in [9.17, 15) is 18.0 Å². The molecule has 1 fully saturated rings. The first kappa shape index (κ1) is 14.8. The number of hydrogen-bond acceptors (Lipinski definition) is 3. The first-order valence-electron chi connectivity index (χ1n) is 6.40. The van der Waals surface area contributed by atoms with Gasteiger partial charge in [-0.05, 0) is 30.4 Å². The predicted molar refractivity (Wildman–Crippen MR) is 67.2 cm³/mol. The lowest BCUT2D eigenvalue weighted by Gasteiger charge is -2.28. The van der Waals surface area contributed by atoms with Crippen LogP contribution in [-0.4, -0.2) is 25.7 Å². The minimum absolute atomic E-state index is 0.0155. The zero-order valence-corrected chi connectivity index (χ0v) is 11.0. The van der Waals surface area contributed by atoms with Gasteiger partial charge in [0, 0.05) is 6.54 Å². The van der Waals surface area contributed by atoms with E-state index in [-0.39, 0.29) is 17.9 Å². The van der Waals surface area contributed by atoms with E-state index in [0.717, 1.165) is 6.07 Å². The van der Waals surface area contributed by atoms with Gasteiger partial charge in [0.25, 0.3) is 0 Å². The van der Waals surface area contributed by atoms with Crippen LogP contribution in [0.2, 0.25) is 0 Å². The van der Waals surface area contributed by atoms with Crippen LogP contribution in [-0.2, 0) is 15.7 Å². The number of hydrogen-bond donors (Lipinski definition) is 1. The van der Waals surface area contributed by atoms with E-state index in [4.69, 9.17) is 0 Å². The number of halogens is 3. The van der Waals surface area contributed by atoms with Crippen molar-refractivity contribution in [2.75, 3.05) is 13.7 Å². The minimum Gasteiger partial charge on any atom is -0.468 e. The molecule has 1 N–H and O–H groups in total. The zero-order chi connectivity index (χ0) is 14.8. The summed E-state index contributed by atoms with van der Waals surface area (Å²) in [5.74, 6) is -0.342. The molecule has 20 heavy (non-hydrogen) atoms. The molecule has 1 heterocycles. The van der Waals surface area contributed by atoms with E-state index in [1.54, 1.807) is 6.07 Å². The second kappa shape index (κ2) is 5.83. The van der Waals surface area contributed by atoms with Gasteiger partial charge in [-0.2, -0.15) is 13.2 Å². The lowest BCUT2D eigenvalue weighted by Crippen LogP contribution is -2.43. The normalized spacial score (nSPS) is 23.4. The van der Waals surface area contributed by atoms with E-state index >= 15 is 0 Å². The highest BCUT2D eigenvalue weighted by Crippen LogP contribution is 2.33. The monoisotopic (exact) mass is 287 g/mol. The van der Waals surface area contributed by atoms with Crippen molar-refractivity contribution < 1.29 is 22.7 Å².